The van der Waals surface area contributed by atoms with Crippen molar-refractivity contribution in [2.75, 3.05) is 0 Å². The molecule has 0 amide bonds. The monoisotopic (exact) mass is 224 g/mol. The van der Waals surface area contributed by atoms with E-state index in [2.05, 4.69) is 30.3 Å². The fourth-order valence-electron chi connectivity index (χ4n) is 0.714. The van der Waals surface area contributed by atoms with Crippen LogP contribution in [0.4, 0.5) is 0 Å². The first-order valence-corrected chi connectivity index (χ1v) is 7.41. The standard InChI is InChI=1S/C7H7.Cs/c1-7-5-3-2-4-6-7;/h2-6H,1H2;. The third kappa shape index (κ3) is 2.25. The molecule has 0 nitrogen and oxygen atoms in total. The van der Waals surface area contributed by atoms with Gasteiger partial charge in [0.25, 0.3) is 0 Å². The molecule has 0 N–H and O–H groups in total. The van der Waals surface area contributed by atoms with Crippen molar-refractivity contribution < 1.29 is 0 Å². The van der Waals surface area contributed by atoms with Gasteiger partial charge in [-0.25, -0.2) is 0 Å². The van der Waals surface area contributed by atoms with Gasteiger partial charge in [0.15, 0.2) is 0 Å². The topological polar surface area (TPSA) is 0 Å². The van der Waals surface area contributed by atoms with E-state index in [1.807, 2.05) is 0 Å². The molecule has 0 aliphatic carbocycles. The zero-order valence-electron chi connectivity index (χ0n) is 5.09. The van der Waals surface area contributed by atoms with Crippen molar-refractivity contribution in [3.63, 3.8) is 0 Å². The van der Waals surface area contributed by atoms with E-state index < -0.39 is 0 Å². The van der Waals surface area contributed by atoms with E-state index in [0.29, 0.717) is 0 Å². The fourth-order valence-corrected chi connectivity index (χ4v) is 2.19. The van der Waals surface area contributed by atoms with E-state index in [0.717, 1.165) is 65.9 Å². The van der Waals surface area contributed by atoms with Gasteiger partial charge in [0.05, 0.1) is 0 Å². The summed E-state index contributed by atoms with van der Waals surface area (Å²) in [5.41, 5.74) is 1.51. The Morgan fingerprint density at radius 3 is 2.12 bits per heavy atom. The normalized spacial score (nSPS) is 9.25. The Morgan fingerprint density at radius 2 is 1.75 bits per heavy atom. The Balaban J connectivity index is 2.83. The number of benzene rings is 1. The molecule has 0 aliphatic rings. The van der Waals surface area contributed by atoms with Crippen LogP contribution >= 0.6 is 0 Å². The minimum atomic E-state index is 0.745. The van der Waals surface area contributed by atoms with Gasteiger partial charge in [-0.05, 0) is 0 Å². The summed E-state index contributed by atoms with van der Waals surface area (Å²) in [4.78, 5) is 0. The third-order valence-corrected chi connectivity index (χ3v) is 3.81. The first kappa shape index (κ1) is 7.38. The van der Waals surface area contributed by atoms with Crippen molar-refractivity contribution in [1.82, 2.24) is 0 Å². The molecule has 8 heavy (non-hydrogen) atoms. The summed E-state index contributed by atoms with van der Waals surface area (Å²) in [6.45, 7) is 0. The van der Waals surface area contributed by atoms with Crippen LogP contribution in [-0.4, -0.2) is 65.9 Å². The van der Waals surface area contributed by atoms with Gasteiger partial charge in [0.1, 0.15) is 0 Å². The van der Waals surface area contributed by atoms with E-state index in [4.69, 9.17) is 0 Å². The van der Waals surface area contributed by atoms with Crippen LogP contribution in [0, 0.1) is 0 Å². The van der Waals surface area contributed by atoms with Gasteiger partial charge in [0.2, 0.25) is 0 Å². The molecule has 0 saturated carbocycles. The predicted molar refractivity (Wildman–Crippen MR) is 35.9 cm³/mol. The molecule has 0 atom stereocenters. The second-order valence-electron chi connectivity index (χ2n) is 1.84. The molecule has 0 saturated heterocycles. The molecule has 36 valence electrons. The van der Waals surface area contributed by atoms with Gasteiger partial charge in [-0.2, -0.15) is 0 Å². The Morgan fingerprint density at radius 1 is 1.12 bits per heavy atom. The van der Waals surface area contributed by atoms with Crippen LogP contribution in [0.3, 0.4) is 0 Å². The molecule has 0 aromatic heterocycles. The van der Waals surface area contributed by atoms with Crippen molar-refractivity contribution in [2.45, 2.75) is -2.15 Å². The molecule has 0 fully saturated rings. The van der Waals surface area contributed by atoms with Gasteiger partial charge in [-0.1, -0.05) is 0 Å². The van der Waals surface area contributed by atoms with E-state index in [9.17, 15) is 0 Å². The summed E-state index contributed by atoms with van der Waals surface area (Å²) in [6.07, 6.45) is 0. The van der Waals surface area contributed by atoms with Gasteiger partial charge in [-0.3, -0.25) is 0 Å². The Labute approximate surface area is 97.0 Å². The van der Waals surface area contributed by atoms with Crippen molar-refractivity contribution in [3.8, 4) is 0 Å². The average Bonchev–Trinajstić information content (AvgIpc) is 1.90. The van der Waals surface area contributed by atoms with Crippen molar-refractivity contribution in [2.24, 2.45) is 0 Å². The van der Waals surface area contributed by atoms with Crippen LogP contribution in [0.2, 0.25) is 0 Å². The van der Waals surface area contributed by atoms with Gasteiger partial charge >= 0.3 is 99.7 Å². The number of hydrogen-bond donors (Lipinski definition) is 0. The molecule has 1 aromatic carbocycles. The molecule has 1 aromatic rings. The summed E-state index contributed by atoms with van der Waals surface area (Å²) < 4.78 is 1.36. The molecule has 0 radical (unpaired) electrons. The van der Waals surface area contributed by atoms with Crippen LogP contribution in [0.15, 0.2) is 30.3 Å². The van der Waals surface area contributed by atoms with Gasteiger partial charge in [0, 0.05) is 0 Å². The zero-order chi connectivity index (χ0) is 5.82. The minimum absolute atomic E-state index is 0.745. The first-order valence-electron chi connectivity index (χ1n) is 2.97. The molecule has 0 bridgehead atoms. The van der Waals surface area contributed by atoms with Crippen molar-refractivity contribution in [1.29, 1.82) is 0 Å². The fraction of sp³-hybridized carbons (Fsp3) is 0.143. The molecule has 1 heteroatoms. The summed E-state index contributed by atoms with van der Waals surface area (Å²) in [5, 5.41) is 0. The summed E-state index contributed by atoms with van der Waals surface area (Å²) in [5.74, 6) is 0. The maximum absolute atomic E-state index is 2.19. The van der Waals surface area contributed by atoms with E-state index in [-0.39, 0.29) is 0 Å². The summed E-state index contributed by atoms with van der Waals surface area (Å²) in [6, 6.07) is 10.7. The molecular formula is C7H7Cs. The van der Waals surface area contributed by atoms with E-state index >= 15 is 0 Å². The van der Waals surface area contributed by atoms with Crippen molar-refractivity contribution >= 4 is 65.9 Å². The Kier molecular flexibility index (Phi) is 3.82. The molecule has 0 heterocycles. The van der Waals surface area contributed by atoms with Gasteiger partial charge < -0.3 is 0 Å². The number of hydrogen-bond acceptors (Lipinski definition) is 0. The second-order valence-corrected chi connectivity index (χ2v) is 4.06. The van der Waals surface area contributed by atoms with Crippen LogP contribution in [-0.2, 0) is -2.15 Å². The molecular weight excluding hydrogens is 217 g/mol. The van der Waals surface area contributed by atoms with Gasteiger partial charge in [-0.15, -0.1) is 0 Å². The van der Waals surface area contributed by atoms with E-state index in [1.54, 1.807) is 0 Å². The zero-order valence-corrected chi connectivity index (χ0v) is 11.4. The molecule has 0 aliphatic heterocycles. The maximum atomic E-state index is 2.19. The first-order chi connectivity index (χ1) is 3.93. The SMILES string of the molecule is [Cs][CH2]c1ccccc1. The van der Waals surface area contributed by atoms with Crippen LogP contribution < -0.4 is 0 Å². The summed E-state index contributed by atoms with van der Waals surface area (Å²) in [7, 11) is 0. The number of rotatable bonds is 1. The average molecular weight is 224 g/mol. The Bertz CT molecular complexity index is 146. The van der Waals surface area contributed by atoms with E-state index in [1.165, 1.54) is 3.41 Å². The van der Waals surface area contributed by atoms with Crippen LogP contribution in [0.5, 0.6) is 0 Å². The van der Waals surface area contributed by atoms with Crippen LogP contribution in [0.1, 0.15) is 5.56 Å². The van der Waals surface area contributed by atoms with Crippen LogP contribution in [0.25, 0.3) is 0 Å². The predicted octanol–water partition coefficient (Wildman–Crippen LogP) is 1.36. The summed E-state index contributed by atoms with van der Waals surface area (Å²) >= 11 is 0.745. The second kappa shape index (κ2) is 4.15. The molecule has 0 spiro atoms. The molecule has 0 unspecified atom stereocenters. The molecule has 1 rings (SSSR count). The van der Waals surface area contributed by atoms with Crippen molar-refractivity contribution in [3.05, 3.63) is 35.9 Å². The quantitative estimate of drug-likeness (QED) is 0.675. The Hall–Kier alpha value is 1.27. The third-order valence-electron chi connectivity index (χ3n) is 1.25.